The van der Waals surface area contributed by atoms with Gasteiger partial charge < -0.3 is 0 Å². The normalized spacial score (nSPS) is 19.9. The van der Waals surface area contributed by atoms with E-state index in [2.05, 4.69) is 6.07 Å². The second-order valence-corrected chi connectivity index (χ2v) is 4.59. The summed E-state index contributed by atoms with van der Waals surface area (Å²) in [5.41, 5.74) is 1.28. The van der Waals surface area contributed by atoms with Crippen LogP contribution in [0.25, 0.3) is 0 Å². The summed E-state index contributed by atoms with van der Waals surface area (Å²) in [6.07, 6.45) is 2.21. The molecule has 0 N–H and O–H groups in total. The summed E-state index contributed by atoms with van der Waals surface area (Å²) in [4.78, 5) is 0. The number of hydrogen-bond donors (Lipinski definition) is 0. The van der Waals surface area contributed by atoms with Crippen molar-refractivity contribution in [1.29, 1.82) is 0 Å². The minimum atomic E-state index is 0.582. The van der Waals surface area contributed by atoms with Crippen LogP contribution in [0.15, 0.2) is 24.3 Å². The standard InChI is InChI=1S/C11H13Cl2N/c12-11-4-2-1-3-10(11)9-5-7-14(13)8-6-9/h1-4,9H,5-8H2. The molecule has 0 saturated carbocycles. The van der Waals surface area contributed by atoms with Crippen molar-refractivity contribution in [2.75, 3.05) is 13.1 Å². The molecular weight excluding hydrogens is 217 g/mol. The Labute approximate surface area is 94.7 Å². The number of halogens is 2. The van der Waals surface area contributed by atoms with Crippen LogP contribution >= 0.6 is 23.4 Å². The monoisotopic (exact) mass is 229 g/mol. The summed E-state index contributed by atoms with van der Waals surface area (Å²) in [5, 5.41) is 0.889. The highest BCUT2D eigenvalue weighted by molar-refractivity contribution is 6.31. The molecule has 0 aliphatic carbocycles. The molecule has 0 spiro atoms. The SMILES string of the molecule is Clc1ccccc1C1CCN(Cl)CC1. The lowest BCUT2D eigenvalue weighted by atomic mass is 9.90. The minimum absolute atomic E-state index is 0.582. The molecule has 0 unspecified atom stereocenters. The lowest BCUT2D eigenvalue weighted by Gasteiger charge is -2.27. The van der Waals surface area contributed by atoms with E-state index in [1.807, 2.05) is 22.6 Å². The van der Waals surface area contributed by atoms with Crippen molar-refractivity contribution in [2.45, 2.75) is 18.8 Å². The van der Waals surface area contributed by atoms with Crippen molar-refractivity contribution in [3.63, 3.8) is 0 Å². The molecule has 1 heterocycles. The molecule has 1 aromatic carbocycles. The van der Waals surface area contributed by atoms with E-state index in [9.17, 15) is 0 Å². The molecule has 0 atom stereocenters. The zero-order chi connectivity index (χ0) is 9.97. The highest BCUT2D eigenvalue weighted by atomic mass is 35.5. The summed E-state index contributed by atoms with van der Waals surface area (Å²) in [7, 11) is 0. The predicted molar refractivity (Wildman–Crippen MR) is 60.9 cm³/mol. The van der Waals surface area contributed by atoms with Crippen LogP contribution in [0.5, 0.6) is 0 Å². The molecule has 0 radical (unpaired) electrons. The van der Waals surface area contributed by atoms with Gasteiger partial charge in [-0.25, -0.2) is 4.42 Å². The van der Waals surface area contributed by atoms with Crippen molar-refractivity contribution in [3.8, 4) is 0 Å². The summed E-state index contributed by atoms with van der Waals surface area (Å²) in [6, 6.07) is 8.11. The molecule has 1 aliphatic rings. The van der Waals surface area contributed by atoms with E-state index in [1.54, 1.807) is 0 Å². The maximum absolute atomic E-state index is 6.15. The molecule has 0 bridgehead atoms. The molecule has 1 saturated heterocycles. The van der Waals surface area contributed by atoms with E-state index < -0.39 is 0 Å². The van der Waals surface area contributed by atoms with Crippen LogP contribution in [0.4, 0.5) is 0 Å². The second kappa shape index (κ2) is 4.52. The lowest BCUT2D eigenvalue weighted by Crippen LogP contribution is -2.25. The molecular formula is C11H13Cl2N. The van der Waals surface area contributed by atoms with E-state index in [0.717, 1.165) is 31.0 Å². The van der Waals surface area contributed by atoms with Gasteiger partial charge in [0.2, 0.25) is 0 Å². The fourth-order valence-electron chi connectivity index (χ4n) is 1.97. The maximum Gasteiger partial charge on any atom is 0.0440 e. The third-order valence-electron chi connectivity index (χ3n) is 2.79. The zero-order valence-corrected chi connectivity index (χ0v) is 9.43. The van der Waals surface area contributed by atoms with Crippen LogP contribution in [-0.2, 0) is 0 Å². The van der Waals surface area contributed by atoms with Crippen molar-refractivity contribution in [2.24, 2.45) is 0 Å². The van der Waals surface area contributed by atoms with Crippen LogP contribution in [0.2, 0.25) is 5.02 Å². The van der Waals surface area contributed by atoms with Gasteiger partial charge in [0.05, 0.1) is 0 Å². The summed E-state index contributed by atoms with van der Waals surface area (Å²) < 4.78 is 1.85. The second-order valence-electron chi connectivity index (χ2n) is 3.71. The topological polar surface area (TPSA) is 3.24 Å². The van der Waals surface area contributed by atoms with Gasteiger partial charge in [0.1, 0.15) is 0 Å². The molecule has 1 fully saturated rings. The average molecular weight is 230 g/mol. The van der Waals surface area contributed by atoms with E-state index in [-0.39, 0.29) is 0 Å². The first-order valence-corrected chi connectivity index (χ1v) is 5.64. The molecule has 1 aliphatic heterocycles. The number of rotatable bonds is 1. The zero-order valence-electron chi connectivity index (χ0n) is 7.92. The first-order chi connectivity index (χ1) is 6.77. The van der Waals surface area contributed by atoms with Gasteiger partial charge in [-0.15, -0.1) is 0 Å². The fourth-order valence-corrected chi connectivity index (χ4v) is 2.45. The van der Waals surface area contributed by atoms with Gasteiger partial charge in [0.15, 0.2) is 0 Å². The Morgan fingerprint density at radius 3 is 2.43 bits per heavy atom. The number of nitrogens with zero attached hydrogens (tertiary/aromatic N) is 1. The molecule has 0 amide bonds. The van der Waals surface area contributed by atoms with E-state index in [0.29, 0.717) is 5.92 Å². The summed E-state index contributed by atoms with van der Waals surface area (Å²) in [5.74, 6) is 0.582. The van der Waals surface area contributed by atoms with Crippen molar-refractivity contribution in [1.82, 2.24) is 4.42 Å². The average Bonchev–Trinajstić information content (AvgIpc) is 2.20. The summed E-state index contributed by atoms with van der Waals surface area (Å²) in [6.45, 7) is 1.91. The Bertz CT molecular complexity index is 306. The molecule has 2 rings (SSSR count). The highest BCUT2D eigenvalue weighted by Gasteiger charge is 2.20. The highest BCUT2D eigenvalue weighted by Crippen LogP contribution is 2.32. The van der Waals surface area contributed by atoms with Crippen LogP contribution in [0.1, 0.15) is 24.3 Å². The Morgan fingerprint density at radius 1 is 1.14 bits per heavy atom. The van der Waals surface area contributed by atoms with Crippen molar-refractivity contribution >= 4 is 23.4 Å². The first kappa shape index (κ1) is 10.3. The van der Waals surface area contributed by atoms with Gasteiger partial charge in [-0.2, -0.15) is 0 Å². The Hall–Kier alpha value is -0.240. The van der Waals surface area contributed by atoms with Gasteiger partial charge in [-0.05, 0) is 42.2 Å². The van der Waals surface area contributed by atoms with Gasteiger partial charge in [-0.1, -0.05) is 29.8 Å². The van der Waals surface area contributed by atoms with Crippen LogP contribution < -0.4 is 0 Å². The smallest absolute Gasteiger partial charge is 0.0440 e. The van der Waals surface area contributed by atoms with E-state index in [4.69, 9.17) is 23.4 Å². The Morgan fingerprint density at radius 2 is 1.79 bits per heavy atom. The van der Waals surface area contributed by atoms with E-state index in [1.165, 1.54) is 5.56 Å². The third kappa shape index (κ3) is 2.22. The predicted octanol–water partition coefficient (Wildman–Crippen LogP) is 3.67. The number of benzene rings is 1. The maximum atomic E-state index is 6.15. The molecule has 1 nitrogen and oxygen atoms in total. The molecule has 3 heteroatoms. The minimum Gasteiger partial charge on any atom is -0.220 e. The quantitative estimate of drug-likeness (QED) is 0.665. The summed E-state index contributed by atoms with van der Waals surface area (Å²) >= 11 is 12.1. The molecule has 1 aromatic rings. The first-order valence-electron chi connectivity index (χ1n) is 4.92. The Balaban J connectivity index is 2.12. The van der Waals surface area contributed by atoms with Gasteiger partial charge in [-0.3, -0.25) is 0 Å². The van der Waals surface area contributed by atoms with Crippen molar-refractivity contribution < 1.29 is 0 Å². The van der Waals surface area contributed by atoms with E-state index >= 15 is 0 Å². The molecule has 0 aromatic heterocycles. The Kier molecular flexibility index (Phi) is 3.32. The third-order valence-corrected chi connectivity index (χ3v) is 3.47. The van der Waals surface area contributed by atoms with Gasteiger partial charge in [0, 0.05) is 18.1 Å². The lowest BCUT2D eigenvalue weighted by molar-refractivity contribution is 0.336. The van der Waals surface area contributed by atoms with Crippen LogP contribution in [-0.4, -0.2) is 17.5 Å². The number of hydrogen-bond acceptors (Lipinski definition) is 1. The van der Waals surface area contributed by atoms with Gasteiger partial charge >= 0.3 is 0 Å². The van der Waals surface area contributed by atoms with Gasteiger partial charge in [0.25, 0.3) is 0 Å². The van der Waals surface area contributed by atoms with Crippen molar-refractivity contribution in [3.05, 3.63) is 34.9 Å². The molecule has 76 valence electrons. The number of piperidine rings is 1. The fraction of sp³-hybridized carbons (Fsp3) is 0.455. The molecule has 14 heavy (non-hydrogen) atoms. The largest absolute Gasteiger partial charge is 0.220 e. The van der Waals surface area contributed by atoms with Crippen LogP contribution in [0.3, 0.4) is 0 Å². The van der Waals surface area contributed by atoms with Crippen LogP contribution in [0, 0.1) is 0 Å².